The Labute approximate surface area is 173 Å². The molecule has 3 aromatic rings. The van der Waals surface area contributed by atoms with Crippen LogP contribution in [0.5, 0.6) is 11.5 Å². The van der Waals surface area contributed by atoms with Gasteiger partial charge in [-0.1, -0.05) is 6.07 Å². The van der Waals surface area contributed by atoms with Gasteiger partial charge in [-0.2, -0.15) is 0 Å². The molecule has 8 nitrogen and oxygen atoms in total. The molecule has 0 saturated carbocycles. The van der Waals surface area contributed by atoms with E-state index < -0.39 is 11.7 Å². The number of halogens is 1. The first-order valence-corrected chi connectivity index (χ1v) is 9.54. The molecule has 1 saturated heterocycles. The Hall–Kier alpha value is -3.33. The van der Waals surface area contributed by atoms with Crippen molar-refractivity contribution < 1.29 is 18.7 Å². The van der Waals surface area contributed by atoms with Crippen LogP contribution < -0.4 is 20.1 Å². The average molecular weight is 413 g/mol. The number of ether oxygens (including phenoxy) is 2. The van der Waals surface area contributed by atoms with Gasteiger partial charge in [0.15, 0.2) is 5.67 Å². The summed E-state index contributed by atoms with van der Waals surface area (Å²) in [7, 11) is 5.05. The topological polar surface area (TPSA) is 91.5 Å². The van der Waals surface area contributed by atoms with Crippen molar-refractivity contribution in [2.45, 2.75) is 5.67 Å². The number of fused-ring (bicyclic) bond motifs is 1. The number of aromatic amines is 1. The maximum Gasteiger partial charge on any atom is 0.320 e. The van der Waals surface area contributed by atoms with Crippen LogP contribution in [0.15, 0.2) is 36.5 Å². The molecule has 9 heteroatoms. The van der Waals surface area contributed by atoms with Crippen molar-refractivity contribution in [1.29, 1.82) is 0 Å². The number of H-pyrrole nitrogens is 1. The van der Waals surface area contributed by atoms with Crippen LogP contribution in [0, 0.1) is 0 Å². The van der Waals surface area contributed by atoms with Crippen molar-refractivity contribution in [2.24, 2.45) is 0 Å². The second-order valence-corrected chi connectivity index (χ2v) is 7.46. The number of alkyl halides is 1. The predicted molar refractivity (Wildman–Crippen MR) is 113 cm³/mol. The van der Waals surface area contributed by atoms with E-state index in [1.807, 2.05) is 42.4 Å². The number of anilines is 1. The Morgan fingerprint density at radius 3 is 2.57 bits per heavy atom. The van der Waals surface area contributed by atoms with E-state index in [9.17, 15) is 9.18 Å². The van der Waals surface area contributed by atoms with Gasteiger partial charge in [-0.05, 0) is 31.3 Å². The summed E-state index contributed by atoms with van der Waals surface area (Å²) in [6.07, 6.45) is 1.82. The molecule has 0 aliphatic carbocycles. The number of carbonyl (C=O) groups excluding carboxylic acids is 1. The van der Waals surface area contributed by atoms with Crippen LogP contribution >= 0.6 is 0 Å². The Morgan fingerprint density at radius 2 is 1.93 bits per heavy atom. The number of amides is 2. The molecule has 30 heavy (non-hydrogen) atoms. The van der Waals surface area contributed by atoms with E-state index in [1.165, 1.54) is 0 Å². The maximum atomic E-state index is 14.2. The fourth-order valence-electron chi connectivity index (χ4n) is 3.83. The van der Waals surface area contributed by atoms with Gasteiger partial charge in [-0.25, -0.2) is 14.2 Å². The minimum absolute atomic E-state index is 0.0360. The predicted octanol–water partition coefficient (Wildman–Crippen LogP) is 3.02. The number of rotatable bonds is 6. The van der Waals surface area contributed by atoms with Crippen molar-refractivity contribution in [3.63, 3.8) is 0 Å². The molecule has 1 aliphatic heterocycles. The van der Waals surface area contributed by atoms with E-state index in [4.69, 9.17) is 9.47 Å². The van der Waals surface area contributed by atoms with Crippen LogP contribution in [0.4, 0.5) is 15.0 Å². The van der Waals surface area contributed by atoms with Crippen LogP contribution in [0.25, 0.3) is 22.2 Å². The van der Waals surface area contributed by atoms with Gasteiger partial charge in [0.05, 0.1) is 26.3 Å². The zero-order chi connectivity index (χ0) is 21.3. The number of benzene rings is 1. The summed E-state index contributed by atoms with van der Waals surface area (Å²) in [6, 6.07) is 8.64. The van der Waals surface area contributed by atoms with E-state index in [-0.39, 0.29) is 6.54 Å². The molecule has 3 heterocycles. The number of carbonyl (C=O) groups is 1. The number of nitrogens with zero attached hydrogens (tertiary/aromatic N) is 2. The lowest BCUT2D eigenvalue weighted by Crippen LogP contribution is -2.62. The number of nitrogens with one attached hydrogen (secondary N) is 3. The molecule has 4 rings (SSSR count). The molecule has 158 valence electrons. The minimum atomic E-state index is -1.37. The summed E-state index contributed by atoms with van der Waals surface area (Å²) in [4.78, 5) is 21.6. The highest BCUT2D eigenvalue weighted by Crippen LogP contribution is 2.41. The number of methoxy groups -OCH3 is 2. The van der Waals surface area contributed by atoms with Gasteiger partial charge in [0.25, 0.3) is 0 Å². The molecule has 0 atom stereocenters. The Balaban J connectivity index is 1.53. The largest absolute Gasteiger partial charge is 0.496 e. The molecule has 1 fully saturated rings. The quantitative estimate of drug-likeness (QED) is 0.578. The summed E-state index contributed by atoms with van der Waals surface area (Å²) in [5.41, 5.74) is 0.911. The summed E-state index contributed by atoms with van der Waals surface area (Å²) in [5, 5.41) is 6.07. The van der Waals surface area contributed by atoms with Gasteiger partial charge in [0, 0.05) is 30.2 Å². The average Bonchev–Trinajstić information content (AvgIpc) is 3.13. The van der Waals surface area contributed by atoms with Gasteiger partial charge >= 0.3 is 6.03 Å². The second kappa shape index (κ2) is 7.83. The highest BCUT2D eigenvalue weighted by atomic mass is 19.1. The lowest BCUT2D eigenvalue weighted by Gasteiger charge is -2.42. The lowest BCUT2D eigenvalue weighted by molar-refractivity contribution is -0.0114. The van der Waals surface area contributed by atoms with E-state index in [2.05, 4.69) is 20.6 Å². The summed E-state index contributed by atoms with van der Waals surface area (Å²) < 4.78 is 25.2. The van der Waals surface area contributed by atoms with Gasteiger partial charge < -0.3 is 19.8 Å². The van der Waals surface area contributed by atoms with Gasteiger partial charge in [-0.3, -0.25) is 10.2 Å². The Morgan fingerprint density at radius 1 is 1.23 bits per heavy atom. The van der Waals surface area contributed by atoms with Crippen molar-refractivity contribution >= 4 is 22.9 Å². The molecule has 1 aromatic carbocycles. The maximum absolute atomic E-state index is 14.2. The first kappa shape index (κ1) is 20.0. The van der Waals surface area contributed by atoms with Crippen LogP contribution in [-0.4, -0.2) is 67.5 Å². The van der Waals surface area contributed by atoms with Gasteiger partial charge in [0.1, 0.15) is 23.0 Å². The Kier molecular flexibility index (Phi) is 5.21. The number of aromatic nitrogens is 2. The normalized spacial score (nSPS) is 15.5. The van der Waals surface area contributed by atoms with Crippen LogP contribution in [0.1, 0.15) is 0 Å². The third-order valence-electron chi connectivity index (χ3n) is 5.15. The molecule has 2 amide bonds. The van der Waals surface area contributed by atoms with Crippen molar-refractivity contribution in [3.8, 4) is 22.6 Å². The fourth-order valence-corrected chi connectivity index (χ4v) is 3.83. The molecule has 1 aliphatic rings. The van der Waals surface area contributed by atoms with Crippen molar-refractivity contribution in [3.05, 3.63) is 36.5 Å². The van der Waals surface area contributed by atoms with E-state index in [0.29, 0.717) is 36.1 Å². The van der Waals surface area contributed by atoms with Gasteiger partial charge in [-0.15, -0.1) is 0 Å². The fraction of sp³-hybridized carbons (Fsp3) is 0.333. The summed E-state index contributed by atoms with van der Waals surface area (Å²) in [5.74, 6) is 1.72. The third-order valence-corrected chi connectivity index (χ3v) is 5.15. The lowest BCUT2D eigenvalue weighted by atomic mass is 9.97. The monoisotopic (exact) mass is 413 g/mol. The first-order chi connectivity index (χ1) is 14.4. The van der Waals surface area contributed by atoms with E-state index in [0.717, 1.165) is 16.5 Å². The van der Waals surface area contributed by atoms with Crippen molar-refractivity contribution in [1.82, 2.24) is 20.2 Å². The standard InChI is InChI=1S/C21H24FN5O3/c1-27-11-21(22,12-27)10-24-20(28)26-17-8-7-13-14(9-23-19(13)25-17)18-15(29-2)5-4-6-16(18)30-3/h4-9H,10-12H2,1-3H3,(H3,23,24,25,26,28). The molecule has 0 radical (unpaired) electrons. The van der Waals surface area contributed by atoms with Gasteiger partial charge in [0.2, 0.25) is 0 Å². The minimum Gasteiger partial charge on any atom is -0.496 e. The second-order valence-electron chi connectivity index (χ2n) is 7.46. The molecule has 0 unspecified atom stereocenters. The van der Waals surface area contributed by atoms with Crippen LogP contribution in [0.2, 0.25) is 0 Å². The highest BCUT2D eigenvalue weighted by molar-refractivity contribution is 5.98. The summed E-state index contributed by atoms with van der Waals surface area (Å²) in [6.45, 7) is 0.593. The van der Waals surface area contributed by atoms with Crippen molar-refractivity contribution in [2.75, 3.05) is 46.2 Å². The molecule has 3 N–H and O–H groups in total. The number of pyridine rings is 1. The molecular weight excluding hydrogens is 389 g/mol. The molecular formula is C21H24FN5O3. The number of likely N-dealkylation sites (tertiary alicyclic amines) is 1. The summed E-state index contributed by atoms with van der Waals surface area (Å²) >= 11 is 0. The number of urea groups is 1. The molecule has 0 bridgehead atoms. The van der Waals surface area contributed by atoms with Crippen LogP contribution in [0.3, 0.4) is 0 Å². The third kappa shape index (κ3) is 3.76. The van der Waals surface area contributed by atoms with Crippen LogP contribution in [-0.2, 0) is 0 Å². The molecule has 2 aromatic heterocycles. The SMILES string of the molecule is COc1cccc(OC)c1-c1c[nH]c2nc(NC(=O)NCC3(F)CN(C)C3)ccc12. The first-order valence-electron chi connectivity index (χ1n) is 9.54. The van der Waals surface area contributed by atoms with E-state index >= 15 is 0 Å². The zero-order valence-electron chi connectivity index (χ0n) is 17.1. The smallest absolute Gasteiger partial charge is 0.320 e. The number of hydrogen-bond acceptors (Lipinski definition) is 5. The highest BCUT2D eigenvalue weighted by Gasteiger charge is 2.41. The van der Waals surface area contributed by atoms with E-state index in [1.54, 1.807) is 20.3 Å². The number of hydrogen-bond donors (Lipinski definition) is 3. The Bertz CT molecular complexity index is 1060. The molecule has 0 spiro atoms. The zero-order valence-corrected chi connectivity index (χ0v) is 17.1.